The fourth-order valence-electron chi connectivity index (χ4n) is 2.57. The van der Waals surface area contributed by atoms with E-state index in [-0.39, 0.29) is 0 Å². The summed E-state index contributed by atoms with van der Waals surface area (Å²) in [4.78, 5) is 16.5. The maximum Gasteiger partial charge on any atom is 0.222 e. The van der Waals surface area contributed by atoms with E-state index in [1.54, 1.807) is 0 Å². The Morgan fingerprint density at radius 2 is 1.85 bits per heavy atom. The van der Waals surface area contributed by atoms with Crippen molar-refractivity contribution in [2.45, 2.75) is 19.4 Å². The highest BCUT2D eigenvalue weighted by Crippen LogP contribution is 2.09. The summed E-state index contributed by atoms with van der Waals surface area (Å²) in [7, 11) is 1.92. The first-order valence-corrected chi connectivity index (χ1v) is 7.48. The van der Waals surface area contributed by atoms with Gasteiger partial charge in [-0.05, 0) is 25.6 Å². The zero-order valence-electron chi connectivity index (χ0n) is 12.3. The van der Waals surface area contributed by atoms with Crippen molar-refractivity contribution in [3.8, 4) is 0 Å². The SMILES string of the molecule is CNCCCC(=O)N1CCN(Cc2ccccc2)CC1. The van der Waals surface area contributed by atoms with E-state index in [0.29, 0.717) is 12.3 Å². The molecule has 0 spiro atoms. The van der Waals surface area contributed by atoms with Crippen molar-refractivity contribution >= 4 is 5.91 Å². The molecule has 110 valence electrons. The Balaban J connectivity index is 1.71. The Labute approximate surface area is 121 Å². The highest BCUT2D eigenvalue weighted by molar-refractivity contribution is 5.76. The molecule has 0 aromatic heterocycles. The third-order valence-electron chi connectivity index (χ3n) is 3.79. The number of hydrogen-bond acceptors (Lipinski definition) is 3. The van der Waals surface area contributed by atoms with Crippen LogP contribution < -0.4 is 5.32 Å². The Morgan fingerprint density at radius 1 is 1.15 bits per heavy atom. The van der Waals surface area contributed by atoms with Gasteiger partial charge in [0, 0.05) is 39.1 Å². The lowest BCUT2D eigenvalue weighted by Gasteiger charge is -2.34. The largest absolute Gasteiger partial charge is 0.340 e. The smallest absolute Gasteiger partial charge is 0.222 e. The van der Waals surface area contributed by atoms with Gasteiger partial charge in [0.25, 0.3) is 0 Å². The van der Waals surface area contributed by atoms with Crippen LogP contribution in [0.4, 0.5) is 0 Å². The second kappa shape index (κ2) is 8.02. The molecule has 0 radical (unpaired) electrons. The van der Waals surface area contributed by atoms with Crippen molar-refractivity contribution in [3.05, 3.63) is 35.9 Å². The molecule has 1 saturated heterocycles. The molecule has 1 aliphatic heterocycles. The Kier molecular flexibility index (Phi) is 6.02. The van der Waals surface area contributed by atoms with Crippen molar-refractivity contribution in [3.63, 3.8) is 0 Å². The summed E-state index contributed by atoms with van der Waals surface area (Å²) in [5.74, 6) is 0.305. The quantitative estimate of drug-likeness (QED) is 0.796. The average molecular weight is 275 g/mol. The van der Waals surface area contributed by atoms with Gasteiger partial charge in [-0.25, -0.2) is 0 Å². The maximum absolute atomic E-state index is 12.0. The van der Waals surface area contributed by atoms with E-state index >= 15 is 0 Å². The second-order valence-corrected chi connectivity index (χ2v) is 5.35. The summed E-state index contributed by atoms with van der Waals surface area (Å²) < 4.78 is 0. The molecule has 0 unspecified atom stereocenters. The summed E-state index contributed by atoms with van der Waals surface area (Å²) in [6.45, 7) is 5.60. The van der Waals surface area contributed by atoms with Crippen LogP contribution in [0.1, 0.15) is 18.4 Å². The summed E-state index contributed by atoms with van der Waals surface area (Å²) in [6.07, 6.45) is 1.60. The van der Waals surface area contributed by atoms with Gasteiger partial charge in [0.1, 0.15) is 0 Å². The Bertz CT molecular complexity index is 399. The van der Waals surface area contributed by atoms with Gasteiger partial charge in [0.2, 0.25) is 5.91 Å². The molecule has 1 heterocycles. The minimum absolute atomic E-state index is 0.305. The number of nitrogens with zero attached hydrogens (tertiary/aromatic N) is 2. The van der Waals surface area contributed by atoms with Gasteiger partial charge < -0.3 is 10.2 Å². The highest BCUT2D eigenvalue weighted by Gasteiger charge is 2.20. The van der Waals surface area contributed by atoms with Gasteiger partial charge in [-0.15, -0.1) is 0 Å². The summed E-state index contributed by atoms with van der Waals surface area (Å²) in [6, 6.07) is 10.5. The molecule has 1 fully saturated rings. The predicted octanol–water partition coefficient (Wildman–Crippen LogP) is 1.33. The molecule has 4 heteroatoms. The minimum atomic E-state index is 0.305. The molecule has 4 nitrogen and oxygen atoms in total. The molecule has 0 saturated carbocycles. The molecule has 0 aliphatic carbocycles. The van der Waals surface area contributed by atoms with Crippen molar-refractivity contribution < 1.29 is 4.79 Å². The minimum Gasteiger partial charge on any atom is -0.340 e. The topological polar surface area (TPSA) is 35.6 Å². The zero-order chi connectivity index (χ0) is 14.2. The number of amides is 1. The number of hydrogen-bond donors (Lipinski definition) is 1. The van der Waals surface area contributed by atoms with Crippen LogP contribution in [0.5, 0.6) is 0 Å². The highest BCUT2D eigenvalue weighted by atomic mass is 16.2. The van der Waals surface area contributed by atoms with Crippen LogP contribution in [-0.4, -0.2) is 55.5 Å². The van der Waals surface area contributed by atoms with Crippen molar-refractivity contribution in [2.24, 2.45) is 0 Å². The Hall–Kier alpha value is -1.39. The molecular weight excluding hydrogens is 250 g/mol. The molecule has 20 heavy (non-hydrogen) atoms. The third-order valence-corrected chi connectivity index (χ3v) is 3.79. The molecule has 0 bridgehead atoms. The molecular formula is C16H25N3O. The van der Waals surface area contributed by atoms with Gasteiger partial charge in [-0.2, -0.15) is 0 Å². The number of rotatable bonds is 6. The molecule has 0 atom stereocenters. The van der Waals surface area contributed by atoms with Gasteiger partial charge in [0.05, 0.1) is 0 Å². The van der Waals surface area contributed by atoms with E-state index in [2.05, 4.69) is 34.5 Å². The summed E-state index contributed by atoms with van der Waals surface area (Å²) in [5, 5.41) is 3.08. The van der Waals surface area contributed by atoms with Crippen molar-refractivity contribution in [1.82, 2.24) is 15.1 Å². The van der Waals surface area contributed by atoms with E-state index in [0.717, 1.165) is 45.7 Å². The van der Waals surface area contributed by atoms with Gasteiger partial charge in [-0.3, -0.25) is 9.69 Å². The molecule has 2 rings (SSSR count). The van der Waals surface area contributed by atoms with Gasteiger partial charge in [-0.1, -0.05) is 30.3 Å². The van der Waals surface area contributed by atoms with E-state index < -0.39 is 0 Å². The predicted molar refractivity (Wildman–Crippen MR) is 81.5 cm³/mol. The van der Waals surface area contributed by atoms with Crippen LogP contribution >= 0.6 is 0 Å². The third kappa shape index (κ3) is 4.62. The van der Waals surface area contributed by atoms with Crippen LogP contribution in [0.2, 0.25) is 0 Å². The van der Waals surface area contributed by atoms with E-state index in [4.69, 9.17) is 0 Å². The summed E-state index contributed by atoms with van der Waals surface area (Å²) in [5.41, 5.74) is 1.35. The first kappa shape index (κ1) is 15.0. The van der Waals surface area contributed by atoms with E-state index in [9.17, 15) is 4.79 Å². The lowest BCUT2D eigenvalue weighted by Crippen LogP contribution is -2.48. The van der Waals surface area contributed by atoms with E-state index in [1.807, 2.05) is 18.0 Å². The first-order valence-electron chi connectivity index (χ1n) is 7.48. The molecule has 1 aromatic rings. The van der Waals surface area contributed by atoms with Crippen LogP contribution in [0, 0.1) is 0 Å². The number of nitrogens with one attached hydrogen (secondary N) is 1. The van der Waals surface area contributed by atoms with Crippen LogP contribution in [0.3, 0.4) is 0 Å². The van der Waals surface area contributed by atoms with Crippen molar-refractivity contribution in [2.75, 3.05) is 39.8 Å². The average Bonchev–Trinajstić information content (AvgIpc) is 2.49. The zero-order valence-corrected chi connectivity index (χ0v) is 12.3. The molecule has 1 aromatic carbocycles. The van der Waals surface area contributed by atoms with E-state index in [1.165, 1.54) is 5.56 Å². The lowest BCUT2D eigenvalue weighted by atomic mass is 10.2. The lowest BCUT2D eigenvalue weighted by molar-refractivity contribution is -0.133. The number of carbonyl (C=O) groups is 1. The van der Waals surface area contributed by atoms with Gasteiger partial charge in [0.15, 0.2) is 0 Å². The first-order chi connectivity index (χ1) is 9.79. The number of benzene rings is 1. The van der Waals surface area contributed by atoms with Crippen LogP contribution in [-0.2, 0) is 11.3 Å². The van der Waals surface area contributed by atoms with Gasteiger partial charge >= 0.3 is 0 Å². The van der Waals surface area contributed by atoms with Crippen LogP contribution in [0.15, 0.2) is 30.3 Å². The molecule has 1 N–H and O–H groups in total. The normalized spacial score (nSPS) is 16.4. The van der Waals surface area contributed by atoms with Crippen molar-refractivity contribution in [1.29, 1.82) is 0 Å². The Morgan fingerprint density at radius 3 is 2.50 bits per heavy atom. The number of piperazine rings is 1. The number of carbonyl (C=O) groups excluding carboxylic acids is 1. The second-order valence-electron chi connectivity index (χ2n) is 5.35. The molecule has 1 amide bonds. The fourth-order valence-corrected chi connectivity index (χ4v) is 2.57. The summed E-state index contributed by atoms with van der Waals surface area (Å²) >= 11 is 0. The standard InChI is InChI=1S/C16H25N3O/c1-17-9-5-8-16(20)19-12-10-18(11-13-19)14-15-6-3-2-4-7-15/h2-4,6-7,17H,5,8-14H2,1H3. The van der Waals surface area contributed by atoms with Crippen LogP contribution in [0.25, 0.3) is 0 Å². The fraction of sp³-hybridized carbons (Fsp3) is 0.562. The maximum atomic E-state index is 12.0. The molecule has 1 aliphatic rings. The monoisotopic (exact) mass is 275 g/mol.